The fraction of sp³-hybridized carbons (Fsp3) is 0.286. The highest BCUT2D eigenvalue weighted by Crippen LogP contribution is 2.29. The molecule has 0 aromatic heterocycles. The van der Waals surface area contributed by atoms with Crippen LogP contribution in [0.5, 0.6) is 17.2 Å². The Labute approximate surface area is 222 Å². The van der Waals surface area contributed by atoms with Gasteiger partial charge in [-0.05, 0) is 72.6 Å². The van der Waals surface area contributed by atoms with Gasteiger partial charge in [-0.1, -0.05) is 23.7 Å². The minimum absolute atomic E-state index is 0.167. The molecule has 196 valence electrons. The van der Waals surface area contributed by atoms with Crippen molar-refractivity contribution in [3.8, 4) is 17.2 Å². The molecule has 0 saturated heterocycles. The van der Waals surface area contributed by atoms with E-state index in [1.807, 2.05) is 24.3 Å². The smallest absolute Gasteiger partial charge is 0.254 e. The van der Waals surface area contributed by atoms with Crippen molar-refractivity contribution in [2.24, 2.45) is 5.73 Å². The summed E-state index contributed by atoms with van der Waals surface area (Å²) in [6, 6.07) is 17.6. The molecule has 0 spiro atoms. The molecule has 0 aliphatic carbocycles. The van der Waals surface area contributed by atoms with Crippen LogP contribution in [0.25, 0.3) is 0 Å². The van der Waals surface area contributed by atoms with Gasteiger partial charge < -0.3 is 30.2 Å². The molecule has 3 rings (SSSR count). The summed E-state index contributed by atoms with van der Waals surface area (Å²) in [7, 11) is 4.66. The topological polar surface area (TPSA) is 103 Å². The van der Waals surface area contributed by atoms with Crippen LogP contribution in [-0.4, -0.2) is 51.1 Å². The Morgan fingerprint density at radius 1 is 0.919 bits per heavy atom. The lowest BCUT2D eigenvalue weighted by atomic mass is 10.1. The summed E-state index contributed by atoms with van der Waals surface area (Å²) >= 11 is 6.48. The van der Waals surface area contributed by atoms with Crippen LogP contribution in [-0.2, 0) is 17.8 Å². The van der Waals surface area contributed by atoms with Crippen molar-refractivity contribution in [2.45, 2.75) is 19.4 Å². The van der Waals surface area contributed by atoms with Gasteiger partial charge in [-0.25, -0.2) is 0 Å². The van der Waals surface area contributed by atoms with Crippen LogP contribution in [0, 0.1) is 0 Å². The molecule has 3 aromatic rings. The number of ether oxygens (including phenoxy) is 3. The largest absolute Gasteiger partial charge is 0.497 e. The van der Waals surface area contributed by atoms with E-state index in [-0.39, 0.29) is 24.8 Å². The Kier molecular flexibility index (Phi) is 10.2. The molecule has 0 fully saturated rings. The Bertz CT molecular complexity index is 1220. The normalized spacial score (nSPS) is 10.5. The Hall–Kier alpha value is -3.75. The lowest BCUT2D eigenvalue weighted by Crippen LogP contribution is -2.32. The number of nitrogens with zero attached hydrogens (tertiary/aromatic N) is 1. The van der Waals surface area contributed by atoms with Crippen molar-refractivity contribution < 1.29 is 23.8 Å². The average molecular weight is 526 g/mol. The van der Waals surface area contributed by atoms with E-state index in [9.17, 15) is 9.59 Å². The summed E-state index contributed by atoms with van der Waals surface area (Å²) in [5, 5.41) is 3.40. The van der Waals surface area contributed by atoms with Crippen LogP contribution in [0.1, 0.15) is 27.9 Å². The molecule has 0 unspecified atom stereocenters. The fourth-order valence-electron chi connectivity index (χ4n) is 3.80. The van der Waals surface area contributed by atoms with E-state index in [0.717, 1.165) is 11.3 Å². The monoisotopic (exact) mass is 525 g/mol. The van der Waals surface area contributed by atoms with E-state index in [2.05, 4.69) is 5.32 Å². The number of halogens is 1. The van der Waals surface area contributed by atoms with Crippen LogP contribution in [0.2, 0.25) is 5.02 Å². The third-order valence-electron chi connectivity index (χ3n) is 5.76. The molecule has 0 atom stereocenters. The third kappa shape index (κ3) is 7.62. The second-order valence-electron chi connectivity index (χ2n) is 8.32. The standard InChI is InChI=1S/C28H32ClN3O5/c1-35-23-9-5-19(6-10-23)15-27(33)31-22-8-11-24(29)21(16-22)18-32(14-4-13-30)28(34)20-7-12-25(36-2)26(17-20)37-3/h5-12,16-17H,4,13-15,18,30H2,1-3H3,(H,31,33). The molecule has 0 radical (unpaired) electrons. The number of anilines is 1. The Balaban J connectivity index is 1.76. The Morgan fingerprint density at radius 2 is 1.65 bits per heavy atom. The number of rotatable bonds is 12. The highest BCUT2D eigenvalue weighted by Gasteiger charge is 2.19. The van der Waals surface area contributed by atoms with Crippen LogP contribution in [0.4, 0.5) is 5.69 Å². The van der Waals surface area contributed by atoms with Crippen molar-refractivity contribution >= 4 is 29.1 Å². The molecule has 8 nitrogen and oxygen atoms in total. The van der Waals surface area contributed by atoms with Crippen LogP contribution in [0.15, 0.2) is 60.7 Å². The minimum atomic E-state index is -0.195. The number of carbonyl (C=O) groups is 2. The maximum absolute atomic E-state index is 13.4. The van der Waals surface area contributed by atoms with E-state index in [0.29, 0.717) is 52.8 Å². The number of amides is 2. The van der Waals surface area contributed by atoms with Crippen molar-refractivity contribution in [1.82, 2.24) is 4.90 Å². The zero-order valence-electron chi connectivity index (χ0n) is 21.3. The Morgan fingerprint density at radius 3 is 2.30 bits per heavy atom. The second-order valence-corrected chi connectivity index (χ2v) is 8.73. The van der Waals surface area contributed by atoms with Gasteiger partial charge in [0.25, 0.3) is 5.91 Å². The fourth-order valence-corrected chi connectivity index (χ4v) is 3.98. The molecule has 0 aliphatic rings. The number of hydrogen-bond acceptors (Lipinski definition) is 6. The van der Waals surface area contributed by atoms with E-state index < -0.39 is 0 Å². The predicted molar refractivity (Wildman–Crippen MR) is 145 cm³/mol. The molecular formula is C28H32ClN3O5. The molecule has 0 bridgehead atoms. The van der Waals surface area contributed by atoms with Gasteiger partial charge in [-0.2, -0.15) is 0 Å². The zero-order valence-corrected chi connectivity index (χ0v) is 22.0. The van der Waals surface area contributed by atoms with Gasteiger partial charge in [0.2, 0.25) is 5.91 Å². The van der Waals surface area contributed by atoms with Gasteiger partial charge >= 0.3 is 0 Å². The van der Waals surface area contributed by atoms with Gasteiger partial charge in [-0.15, -0.1) is 0 Å². The first kappa shape index (κ1) is 27.8. The molecule has 0 aliphatic heterocycles. The van der Waals surface area contributed by atoms with Gasteiger partial charge in [0.05, 0.1) is 27.8 Å². The number of benzene rings is 3. The van der Waals surface area contributed by atoms with Crippen molar-refractivity contribution in [3.63, 3.8) is 0 Å². The molecule has 3 aromatic carbocycles. The zero-order chi connectivity index (χ0) is 26.8. The van der Waals surface area contributed by atoms with Gasteiger partial charge in [0, 0.05) is 29.4 Å². The lowest BCUT2D eigenvalue weighted by Gasteiger charge is -2.24. The first-order valence-electron chi connectivity index (χ1n) is 11.8. The highest BCUT2D eigenvalue weighted by atomic mass is 35.5. The molecule has 2 amide bonds. The molecule has 0 saturated carbocycles. The van der Waals surface area contributed by atoms with Crippen molar-refractivity contribution in [1.29, 1.82) is 0 Å². The summed E-state index contributed by atoms with van der Waals surface area (Å²) in [5.74, 6) is 1.37. The van der Waals surface area contributed by atoms with Gasteiger partial charge in [0.1, 0.15) is 5.75 Å². The second kappa shape index (κ2) is 13.5. The minimum Gasteiger partial charge on any atom is -0.497 e. The van der Waals surface area contributed by atoms with E-state index in [1.54, 1.807) is 48.4 Å². The summed E-state index contributed by atoms with van der Waals surface area (Å²) in [6.07, 6.45) is 0.831. The number of nitrogens with one attached hydrogen (secondary N) is 1. The van der Waals surface area contributed by atoms with E-state index >= 15 is 0 Å². The maximum atomic E-state index is 13.4. The van der Waals surface area contributed by atoms with Crippen LogP contribution >= 0.6 is 11.6 Å². The van der Waals surface area contributed by atoms with Crippen LogP contribution < -0.4 is 25.3 Å². The van der Waals surface area contributed by atoms with Gasteiger partial charge in [0.15, 0.2) is 11.5 Å². The van der Waals surface area contributed by atoms with Crippen LogP contribution in [0.3, 0.4) is 0 Å². The highest BCUT2D eigenvalue weighted by molar-refractivity contribution is 6.31. The van der Waals surface area contributed by atoms with Gasteiger partial charge in [-0.3, -0.25) is 9.59 Å². The van der Waals surface area contributed by atoms with E-state index in [4.69, 9.17) is 31.5 Å². The quantitative estimate of drug-likeness (QED) is 0.360. The first-order valence-corrected chi connectivity index (χ1v) is 12.2. The van der Waals surface area contributed by atoms with E-state index in [1.165, 1.54) is 14.2 Å². The SMILES string of the molecule is COc1ccc(CC(=O)Nc2ccc(Cl)c(CN(CCCN)C(=O)c3ccc(OC)c(OC)c3)c2)cc1. The summed E-state index contributed by atoms with van der Waals surface area (Å²) < 4.78 is 15.8. The third-order valence-corrected chi connectivity index (χ3v) is 6.13. The van der Waals surface area contributed by atoms with Crippen molar-refractivity contribution in [2.75, 3.05) is 39.7 Å². The summed E-state index contributed by atoms with van der Waals surface area (Å²) in [4.78, 5) is 27.7. The maximum Gasteiger partial charge on any atom is 0.254 e. The number of nitrogens with two attached hydrogens (primary N) is 1. The average Bonchev–Trinajstić information content (AvgIpc) is 2.92. The number of methoxy groups -OCH3 is 3. The molecular weight excluding hydrogens is 494 g/mol. The summed E-state index contributed by atoms with van der Waals surface area (Å²) in [6.45, 7) is 1.12. The molecule has 3 N–H and O–H groups in total. The number of carbonyl (C=O) groups excluding carboxylic acids is 2. The number of hydrogen-bond donors (Lipinski definition) is 2. The van der Waals surface area contributed by atoms with Crippen molar-refractivity contribution in [3.05, 3.63) is 82.4 Å². The predicted octanol–water partition coefficient (Wildman–Crippen LogP) is 4.54. The first-order chi connectivity index (χ1) is 17.9. The molecule has 37 heavy (non-hydrogen) atoms. The molecule has 0 heterocycles. The summed E-state index contributed by atoms with van der Waals surface area (Å²) in [5.41, 5.74) is 8.34. The molecule has 9 heteroatoms. The lowest BCUT2D eigenvalue weighted by molar-refractivity contribution is -0.115.